The van der Waals surface area contributed by atoms with Gasteiger partial charge in [-0.3, -0.25) is 19.9 Å². The van der Waals surface area contributed by atoms with Crippen molar-refractivity contribution in [1.82, 2.24) is 15.2 Å². The molecule has 34 heavy (non-hydrogen) atoms. The average molecular weight is 468 g/mol. The van der Waals surface area contributed by atoms with E-state index < -0.39 is 17.1 Å². The Hall–Kier alpha value is -3.00. The lowest BCUT2D eigenvalue weighted by atomic mass is 9.74. The monoisotopic (exact) mass is 467 g/mol. The number of aliphatic hydroxyl groups is 1. The molecule has 8 nitrogen and oxygen atoms in total. The number of carbonyl (C=O) groups excluding carboxylic acids is 3. The smallest absolute Gasteiger partial charge is 0.410 e. The molecule has 0 spiro atoms. The highest BCUT2D eigenvalue weighted by Crippen LogP contribution is 2.40. The summed E-state index contributed by atoms with van der Waals surface area (Å²) in [5, 5.41) is 15.0. The van der Waals surface area contributed by atoms with E-state index in [1.54, 1.807) is 11.1 Å². The van der Waals surface area contributed by atoms with Crippen LogP contribution in [0.1, 0.15) is 70.4 Å². The number of imide groups is 1. The standard InChI is InChI=1S/C26H33N3O5/c1-5-18-15-29(24(32)34-25(2,3)4)11-10-26(18,33)19-6-8-21-16(13-19)12-17(14-27-21)20-7-9-22(30)28-23(20)31/h6,8,12-14,18,20,33H,5,7,9-11,15H2,1-4H3,(H,28,30,31). The third-order valence-corrected chi connectivity index (χ3v) is 6.87. The van der Waals surface area contributed by atoms with Gasteiger partial charge >= 0.3 is 6.09 Å². The molecule has 0 saturated carbocycles. The first-order chi connectivity index (χ1) is 16.0. The van der Waals surface area contributed by atoms with Crippen molar-refractivity contribution in [3.63, 3.8) is 0 Å². The summed E-state index contributed by atoms with van der Waals surface area (Å²) in [6, 6.07) is 7.63. The second-order valence-corrected chi connectivity index (χ2v) is 10.4. The predicted octanol–water partition coefficient (Wildman–Crippen LogP) is 3.61. The molecular formula is C26H33N3O5. The molecule has 182 valence electrons. The van der Waals surface area contributed by atoms with Gasteiger partial charge in [0.2, 0.25) is 11.8 Å². The fourth-order valence-corrected chi connectivity index (χ4v) is 4.98. The maximum atomic E-state index is 12.6. The van der Waals surface area contributed by atoms with Gasteiger partial charge in [-0.1, -0.05) is 13.0 Å². The Morgan fingerprint density at radius 1 is 1.29 bits per heavy atom. The summed E-state index contributed by atoms with van der Waals surface area (Å²) in [5.41, 5.74) is 0.637. The summed E-state index contributed by atoms with van der Waals surface area (Å²) in [6.07, 6.45) is 3.19. The van der Waals surface area contributed by atoms with E-state index in [0.717, 1.165) is 22.0 Å². The summed E-state index contributed by atoms with van der Waals surface area (Å²) in [4.78, 5) is 42.6. The van der Waals surface area contributed by atoms with Gasteiger partial charge < -0.3 is 14.7 Å². The number of hydrogen-bond donors (Lipinski definition) is 2. The summed E-state index contributed by atoms with van der Waals surface area (Å²) < 4.78 is 5.53. The fraction of sp³-hybridized carbons (Fsp3) is 0.538. The Bertz CT molecular complexity index is 1130. The highest BCUT2D eigenvalue weighted by molar-refractivity contribution is 6.01. The maximum Gasteiger partial charge on any atom is 0.410 e. The summed E-state index contributed by atoms with van der Waals surface area (Å²) in [7, 11) is 0. The molecular weight excluding hydrogens is 434 g/mol. The number of nitrogens with one attached hydrogen (secondary N) is 1. The van der Waals surface area contributed by atoms with Crippen LogP contribution in [0.2, 0.25) is 0 Å². The van der Waals surface area contributed by atoms with Crippen molar-refractivity contribution in [1.29, 1.82) is 0 Å². The molecule has 0 radical (unpaired) electrons. The van der Waals surface area contributed by atoms with Crippen LogP contribution in [-0.2, 0) is 19.9 Å². The molecule has 2 fully saturated rings. The van der Waals surface area contributed by atoms with E-state index in [1.165, 1.54) is 0 Å². The second kappa shape index (κ2) is 8.98. The highest BCUT2D eigenvalue weighted by Gasteiger charge is 2.44. The van der Waals surface area contributed by atoms with Crippen molar-refractivity contribution in [2.24, 2.45) is 5.92 Å². The van der Waals surface area contributed by atoms with Crippen LogP contribution in [0.15, 0.2) is 30.5 Å². The number of carbonyl (C=O) groups is 3. The van der Waals surface area contributed by atoms with Crippen LogP contribution in [0.5, 0.6) is 0 Å². The number of aromatic nitrogens is 1. The van der Waals surface area contributed by atoms with Gasteiger partial charge in [0.1, 0.15) is 5.60 Å². The Labute approximate surface area is 199 Å². The first-order valence-corrected chi connectivity index (χ1v) is 11.9. The minimum atomic E-state index is -1.09. The maximum absolute atomic E-state index is 12.6. The first kappa shape index (κ1) is 24.1. The Balaban J connectivity index is 1.60. The zero-order valence-corrected chi connectivity index (χ0v) is 20.3. The number of rotatable bonds is 3. The van der Waals surface area contributed by atoms with E-state index in [-0.39, 0.29) is 23.8 Å². The van der Waals surface area contributed by atoms with Crippen molar-refractivity contribution < 1.29 is 24.2 Å². The third kappa shape index (κ3) is 4.78. The summed E-state index contributed by atoms with van der Waals surface area (Å²) in [5.74, 6) is -1.12. The SMILES string of the molecule is CCC1CN(C(=O)OC(C)(C)C)CCC1(O)c1ccc2ncc(C3CCC(=O)NC3=O)cc2c1. The first-order valence-electron chi connectivity index (χ1n) is 11.9. The minimum absolute atomic E-state index is 0.155. The zero-order valence-electron chi connectivity index (χ0n) is 20.3. The number of hydrogen-bond acceptors (Lipinski definition) is 6. The molecule has 2 aliphatic heterocycles. The number of ether oxygens (including phenoxy) is 1. The fourth-order valence-electron chi connectivity index (χ4n) is 4.98. The average Bonchev–Trinajstić information content (AvgIpc) is 2.77. The van der Waals surface area contributed by atoms with Crippen LogP contribution in [0.4, 0.5) is 4.79 Å². The second-order valence-electron chi connectivity index (χ2n) is 10.4. The molecule has 3 amide bonds. The lowest BCUT2D eigenvalue weighted by Crippen LogP contribution is -2.52. The molecule has 2 N–H and O–H groups in total. The number of likely N-dealkylation sites (tertiary alicyclic amines) is 1. The van der Waals surface area contributed by atoms with Crippen LogP contribution >= 0.6 is 0 Å². The third-order valence-electron chi connectivity index (χ3n) is 6.87. The summed E-state index contributed by atoms with van der Waals surface area (Å²) >= 11 is 0. The molecule has 2 saturated heterocycles. The van der Waals surface area contributed by atoms with Crippen molar-refractivity contribution in [3.8, 4) is 0 Å². The van der Waals surface area contributed by atoms with Crippen molar-refractivity contribution >= 4 is 28.8 Å². The van der Waals surface area contributed by atoms with Crippen LogP contribution in [-0.4, -0.2) is 51.6 Å². The van der Waals surface area contributed by atoms with E-state index in [1.807, 2.05) is 52.0 Å². The van der Waals surface area contributed by atoms with E-state index in [4.69, 9.17) is 4.74 Å². The zero-order chi connectivity index (χ0) is 24.7. The lowest BCUT2D eigenvalue weighted by molar-refractivity contribution is -0.134. The Kier molecular flexibility index (Phi) is 6.38. The van der Waals surface area contributed by atoms with Gasteiger partial charge in [-0.05, 0) is 69.4 Å². The van der Waals surface area contributed by atoms with Crippen molar-refractivity contribution in [2.45, 2.75) is 70.5 Å². The van der Waals surface area contributed by atoms with Gasteiger partial charge in [-0.25, -0.2) is 4.79 Å². The number of pyridine rings is 1. The Morgan fingerprint density at radius 3 is 2.74 bits per heavy atom. The number of benzene rings is 1. The van der Waals surface area contributed by atoms with Crippen molar-refractivity contribution in [2.75, 3.05) is 13.1 Å². The van der Waals surface area contributed by atoms with Crippen LogP contribution in [0, 0.1) is 5.92 Å². The molecule has 2 aromatic rings. The normalized spacial score (nSPS) is 25.9. The number of piperidine rings is 2. The summed E-state index contributed by atoms with van der Waals surface area (Å²) in [6.45, 7) is 8.35. The molecule has 0 bridgehead atoms. The van der Waals surface area contributed by atoms with Crippen LogP contribution in [0.3, 0.4) is 0 Å². The van der Waals surface area contributed by atoms with Gasteiger partial charge in [0, 0.05) is 37.0 Å². The van der Waals surface area contributed by atoms with Gasteiger partial charge in [-0.15, -0.1) is 0 Å². The molecule has 3 atom stereocenters. The molecule has 1 aromatic carbocycles. The molecule has 2 aliphatic rings. The lowest BCUT2D eigenvalue weighted by Gasteiger charge is -2.45. The van der Waals surface area contributed by atoms with E-state index in [0.29, 0.717) is 38.8 Å². The predicted molar refractivity (Wildman–Crippen MR) is 127 cm³/mol. The molecule has 8 heteroatoms. The largest absolute Gasteiger partial charge is 0.444 e. The van der Waals surface area contributed by atoms with E-state index in [9.17, 15) is 19.5 Å². The van der Waals surface area contributed by atoms with E-state index >= 15 is 0 Å². The molecule has 3 unspecified atom stereocenters. The number of amides is 3. The number of fused-ring (bicyclic) bond motifs is 1. The van der Waals surface area contributed by atoms with Gasteiger partial charge in [-0.2, -0.15) is 0 Å². The Morgan fingerprint density at radius 2 is 2.06 bits per heavy atom. The van der Waals surface area contributed by atoms with Gasteiger partial charge in [0.15, 0.2) is 0 Å². The topological polar surface area (TPSA) is 109 Å². The number of nitrogens with zero attached hydrogens (tertiary/aromatic N) is 2. The van der Waals surface area contributed by atoms with Crippen molar-refractivity contribution in [3.05, 3.63) is 41.6 Å². The minimum Gasteiger partial charge on any atom is -0.444 e. The van der Waals surface area contributed by atoms with Gasteiger partial charge in [0.25, 0.3) is 0 Å². The molecule has 3 heterocycles. The highest BCUT2D eigenvalue weighted by atomic mass is 16.6. The van der Waals surface area contributed by atoms with Crippen LogP contribution in [0.25, 0.3) is 10.9 Å². The van der Waals surface area contributed by atoms with Gasteiger partial charge in [0.05, 0.1) is 17.0 Å². The molecule has 1 aromatic heterocycles. The molecule has 4 rings (SSSR count). The van der Waals surface area contributed by atoms with Crippen LogP contribution < -0.4 is 5.32 Å². The van der Waals surface area contributed by atoms with E-state index in [2.05, 4.69) is 10.3 Å². The molecule has 0 aliphatic carbocycles. The quantitative estimate of drug-likeness (QED) is 0.668.